The molecule has 0 spiro atoms. The number of nitrogens with two attached hydrogens (primary N) is 1. The van der Waals surface area contributed by atoms with Crippen LogP contribution in [0.4, 0.5) is 5.69 Å². The van der Waals surface area contributed by atoms with E-state index >= 15 is 0 Å². The molecule has 0 saturated heterocycles. The van der Waals surface area contributed by atoms with E-state index in [2.05, 4.69) is 4.72 Å². The Labute approximate surface area is 100 Å². The molecule has 0 aliphatic heterocycles. The van der Waals surface area contributed by atoms with Gasteiger partial charge in [-0.25, -0.2) is 8.42 Å². The summed E-state index contributed by atoms with van der Waals surface area (Å²) in [6.07, 6.45) is 2.54. The van der Waals surface area contributed by atoms with Gasteiger partial charge in [-0.15, -0.1) is 0 Å². The first kappa shape index (κ1) is 11.9. The monoisotopic (exact) mass is 254 g/mol. The maximum atomic E-state index is 11.4. The third kappa shape index (κ3) is 2.41. The van der Waals surface area contributed by atoms with Crippen LogP contribution >= 0.6 is 0 Å². The van der Waals surface area contributed by atoms with Crippen LogP contribution in [-0.4, -0.2) is 20.6 Å². The van der Waals surface area contributed by atoms with E-state index in [1.165, 1.54) is 0 Å². The fraction of sp³-hybridized carbons (Fsp3) is 0.364. The van der Waals surface area contributed by atoms with E-state index in [0.717, 1.165) is 24.7 Å². The Kier molecular flexibility index (Phi) is 2.61. The summed E-state index contributed by atoms with van der Waals surface area (Å²) in [6.45, 7) is 0. The Morgan fingerprint density at radius 3 is 2.53 bits per heavy atom. The number of hydrogen-bond donors (Lipinski definition) is 2. The van der Waals surface area contributed by atoms with Crippen molar-refractivity contribution >= 4 is 21.6 Å². The number of carbonyl (C=O) groups excluding carboxylic acids is 1. The fourth-order valence-electron chi connectivity index (χ4n) is 1.90. The normalized spacial score (nSPS) is 17.5. The molecule has 0 bridgehead atoms. The van der Waals surface area contributed by atoms with Gasteiger partial charge in [0.05, 0.1) is 11.7 Å². The summed E-state index contributed by atoms with van der Waals surface area (Å²) in [7, 11) is -3.31. The summed E-state index contributed by atoms with van der Waals surface area (Å²) in [4.78, 5) is 11.4. The third-order valence-electron chi connectivity index (χ3n) is 2.94. The van der Waals surface area contributed by atoms with Crippen molar-refractivity contribution in [3.63, 3.8) is 0 Å². The summed E-state index contributed by atoms with van der Waals surface area (Å²) in [5.41, 5.74) is 6.01. The van der Waals surface area contributed by atoms with Crippen LogP contribution in [0.5, 0.6) is 0 Å². The Balaban J connectivity index is 2.33. The molecule has 0 heterocycles. The van der Waals surface area contributed by atoms with E-state index in [-0.39, 0.29) is 5.91 Å². The molecular weight excluding hydrogens is 240 g/mol. The molecule has 92 valence electrons. The number of anilines is 1. The smallest absolute Gasteiger partial charge is 0.229 e. The summed E-state index contributed by atoms with van der Waals surface area (Å²) < 4.78 is 24.6. The van der Waals surface area contributed by atoms with Crippen molar-refractivity contribution < 1.29 is 13.2 Å². The molecule has 3 N–H and O–H groups in total. The molecule has 0 unspecified atom stereocenters. The minimum Gasteiger partial charge on any atom is -0.369 e. The van der Waals surface area contributed by atoms with Crippen molar-refractivity contribution in [2.24, 2.45) is 5.73 Å². The number of rotatable bonds is 4. The molecular formula is C11H14N2O3S. The lowest BCUT2D eigenvalue weighted by Gasteiger charge is -2.13. The second-order valence-corrected chi connectivity index (χ2v) is 6.15. The van der Waals surface area contributed by atoms with E-state index < -0.39 is 15.4 Å². The van der Waals surface area contributed by atoms with Crippen LogP contribution in [0.3, 0.4) is 0 Å². The molecule has 1 aromatic carbocycles. The van der Waals surface area contributed by atoms with Gasteiger partial charge in [0.25, 0.3) is 0 Å². The second kappa shape index (κ2) is 3.73. The molecule has 1 saturated carbocycles. The predicted octanol–water partition coefficient (Wildman–Crippen LogP) is 0.575. The number of hydrogen-bond acceptors (Lipinski definition) is 3. The van der Waals surface area contributed by atoms with E-state index in [1.54, 1.807) is 24.3 Å². The maximum absolute atomic E-state index is 11.4. The van der Waals surface area contributed by atoms with E-state index in [4.69, 9.17) is 5.73 Å². The number of nitrogens with one attached hydrogen (secondary N) is 1. The summed E-state index contributed by atoms with van der Waals surface area (Å²) in [5.74, 6) is -0.353. The minimum atomic E-state index is -3.31. The summed E-state index contributed by atoms with van der Waals surface area (Å²) in [6, 6.07) is 6.82. The van der Waals surface area contributed by atoms with Gasteiger partial charge < -0.3 is 5.73 Å². The quantitative estimate of drug-likeness (QED) is 0.823. The van der Waals surface area contributed by atoms with Crippen molar-refractivity contribution in [3.05, 3.63) is 29.8 Å². The van der Waals surface area contributed by atoms with Gasteiger partial charge in [0.2, 0.25) is 15.9 Å². The van der Waals surface area contributed by atoms with E-state index in [1.807, 2.05) is 0 Å². The van der Waals surface area contributed by atoms with Gasteiger partial charge in [-0.1, -0.05) is 12.1 Å². The third-order valence-corrected chi connectivity index (χ3v) is 3.55. The molecule has 1 aromatic rings. The average Bonchev–Trinajstić information content (AvgIpc) is 2.95. The lowest BCUT2D eigenvalue weighted by atomic mass is 9.95. The second-order valence-electron chi connectivity index (χ2n) is 4.40. The number of benzene rings is 1. The highest BCUT2D eigenvalue weighted by Crippen LogP contribution is 2.48. The lowest BCUT2D eigenvalue weighted by molar-refractivity contribution is -0.120. The molecule has 17 heavy (non-hydrogen) atoms. The zero-order valence-electron chi connectivity index (χ0n) is 9.43. The van der Waals surface area contributed by atoms with Gasteiger partial charge in [0, 0.05) is 5.69 Å². The number of carbonyl (C=O) groups is 1. The molecule has 0 radical (unpaired) electrons. The SMILES string of the molecule is CS(=O)(=O)Nc1cccc(C2(C(N)=O)CC2)c1. The number of amides is 1. The van der Waals surface area contributed by atoms with Gasteiger partial charge >= 0.3 is 0 Å². The van der Waals surface area contributed by atoms with Crippen molar-refractivity contribution in [2.45, 2.75) is 18.3 Å². The standard InChI is InChI=1S/C11H14N2O3S/c1-17(15,16)13-9-4-2-3-8(7-9)11(5-6-11)10(12)14/h2-4,7,13H,5-6H2,1H3,(H2,12,14). The Bertz CT molecular complexity index is 562. The van der Waals surface area contributed by atoms with E-state index in [0.29, 0.717) is 5.69 Å². The minimum absolute atomic E-state index is 0.353. The maximum Gasteiger partial charge on any atom is 0.229 e. The van der Waals surface area contributed by atoms with Gasteiger partial charge in [0.15, 0.2) is 0 Å². The van der Waals surface area contributed by atoms with Crippen LogP contribution in [0.2, 0.25) is 0 Å². The first-order valence-corrected chi connectivity index (χ1v) is 7.11. The Morgan fingerprint density at radius 1 is 1.41 bits per heavy atom. The van der Waals surface area contributed by atoms with E-state index in [9.17, 15) is 13.2 Å². The molecule has 1 aliphatic carbocycles. The topological polar surface area (TPSA) is 89.3 Å². The predicted molar refractivity (Wildman–Crippen MR) is 65.0 cm³/mol. The summed E-state index contributed by atoms with van der Waals surface area (Å²) >= 11 is 0. The molecule has 0 aromatic heterocycles. The van der Waals surface area contributed by atoms with Crippen LogP contribution in [0.25, 0.3) is 0 Å². The Morgan fingerprint density at radius 2 is 2.06 bits per heavy atom. The van der Waals surface area contributed by atoms with Gasteiger partial charge in [-0.3, -0.25) is 9.52 Å². The van der Waals surface area contributed by atoms with Crippen LogP contribution < -0.4 is 10.5 Å². The first-order valence-electron chi connectivity index (χ1n) is 5.22. The number of sulfonamides is 1. The molecule has 6 heteroatoms. The van der Waals surface area contributed by atoms with Crippen molar-refractivity contribution in [1.29, 1.82) is 0 Å². The van der Waals surface area contributed by atoms with Gasteiger partial charge in [0.1, 0.15) is 0 Å². The highest BCUT2D eigenvalue weighted by molar-refractivity contribution is 7.92. The van der Waals surface area contributed by atoms with Crippen LogP contribution in [0, 0.1) is 0 Å². The zero-order valence-corrected chi connectivity index (χ0v) is 10.3. The molecule has 1 fully saturated rings. The molecule has 5 nitrogen and oxygen atoms in total. The largest absolute Gasteiger partial charge is 0.369 e. The van der Waals surface area contributed by atoms with Crippen LogP contribution in [0.1, 0.15) is 18.4 Å². The first-order chi connectivity index (χ1) is 7.83. The zero-order chi connectivity index (χ0) is 12.7. The van der Waals surface area contributed by atoms with Crippen molar-refractivity contribution in [3.8, 4) is 0 Å². The fourth-order valence-corrected chi connectivity index (χ4v) is 2.45. The summed E-state index contributed by atoms with van der Waals surface area (Å²) in [5, 5.41) is 0. The van der Waals surface area contributed by atoms with Gasteiger partial charge in [-0.2, -0.15) is 0 Å². The van der Waals surface area contributed by atoms with Gasteiger partial charge in [-0.05, 0) is 30.5 Å². The molecule has 1 aliphatic rings. The van der Waals surface area contributed by atoms with Crippen molar-refractivity contribution in [2.75, 3.05) is 11.0 Å². The highest BCUT2D eigenvalue weighted by Gasteiger charge is 2.49. The number of primary amides is 1. The molecule has 2 rings (SSSR count). The van der Waals surface area contributed by atoms with Crippen molar-refractivity contribution in [1.82, 2.24) is 0 Å². The highest BCUT2D eigenvalue weighted by atomic mass is 32.2. The Hall–Kier alpha value is -1.56. The van der Waals surface area contributed by atoms with Crippen LogP contribution in [-0.2, 0) is 20.2 Å². The lowest BCUT2D eigenvalue weighted by Crippen LogP contribution is -2.28. The molecule has 0 atom stereocenters. The van der Waals surface area contributed by atoms with Crippen LogP contribution in [0.15, 0.2) is 24.3 Å². The average molecular weight is 254 g/mol. The molecule has 1 amide bonds.